The molecule has 8 heteroatoms. The highest BCUT2D eigenvalue weighted by Crippen LogP contribution is 2.41. The zero-order valence-electron chi connectivity index (χ0n) is 17.6. The first kappa shape index (κ1) is 21.0. The minimum atomic E-state index is -4.38. The number of imidazole rings is 1. The number of aromatic nitrogens is 2. The topological polar surface area (TPSA) is 47.4 Å². The lowest BCUT2D eigenvalue weighted by Gasteiger charge is -2.36. The average Bonchev–Trinajstić information content (AvgIpc) is 3.14. The highest BCUT2D eigenvalue weighted by Gasteiger charge is 2.48. The van der Waals surface area contributed by atoms with Crippen molar-refractivity contribution in [1.82, 2.24) is 14.5 Å². The van der Waals surface area contributed by atoms with Crippen molar-refractivity contribution in [2.45, 2.75) is 64.8 Å². The Labute approximate surface area is 174 Å². The van der Waals surface area contributed by atoms with Gasteiger partial charge in [0.25, 0.3) is 0 Å². The van der Waals surface area contributed by atoms with Crippen LogP contribution in [0, 0.1) is 11.3 Å². The standard InChI is InChI=1S/C22H28F3N3O2/c1-20(2,3)12-28-13-21(30-19(28)29)8-4-5-15(10-21)11-27-14-26-17-7-6-16(9-18(17)27)22(23,24)25/h6-7,9,14-15H,4-5,8,10-13H2,1-3H3/t15-,21-/m0/s1. The van der Waals surface area contributed by atoms with Crippen LogP contribution in [0.2, 0.25) is 0 Å². The van der Waals surface area contributed by atoms with Gasteiger partial charge in [0.05, 0.1) is 29.5 Å². The van der Waals surface area contributed by atoms with E-state index in [9.17, 15) is 18.0 Å². The van der Waals surface area contributed by atoms with Gasteiger partial charge in [0.15, 0.2) is 0 Å². The van der Waals surface area contributed by atoms with Gasteiger partial charge in [-0.05, 0) is 55.2 Å². The summed E-state index contributed by atoms with van der Waals surface area (Å²) in [5.41, 5.74) is -0.123. The van der Waals surface area contributed by atoms with E-state index in [0.29, 0.717) is 30.7 Å². The van der Waals surface area contributed by atoms with Gasteiger partial charge in [-0.15, -0.1) is 0 Å². The monoisotopic (exact) mass is 423 g/mol. The SMILES string of the molecule is CC(C)(C)CN1C[C@@]2(CCC[C@H](Cn3cnc4ccc(C(F)(F)F)cc43)C2)OC1=O. The third-order valence-corrected chi connectivity index (χ3v) is 6.01. The minimum absolute atomic E-state index is 0.00939. The Kier molecular flexibility index (Phi) is 5.02. The number of carbonyl (C=O) groups is 1. The fourth-order valence-electron chi connectivity index (χ4n) is 4.88. The zero-order chi connectivity index (χ0) is 21.7. The second-order valence-electron chi connectivity index (χ2n) is 10.0. The number of halogens is 3. The van der Waals surface area contributed by atoms with Crippen molar-refractivity contribution in [3.63, 3.8) is 0 Å². The van der Waals surface area contributed by atoms with Crippen LogP contribution in [0.15, 0.2) is 24.5 Å². The molecule has 1 amide bonds. The first-order chi connectivity index (χ1) is 13.9. The molecule has 2 fully saturated rings. The molecule has 30 heavy (non-hydrogen) atoms. The number of hydrogen-bond donors (Lipinski definition) is 0. The van der Waals surface area contributed by atoms with E-state index in [4.69, 9.17) is 4.74 Å². The third-order valence-electron chi connectivity index (χ3n) is 6.01. The molecule has 4 rings (SSSR count). The summed E-state index contributed by atoms with van der Waals surface area (Å²) in [6, 6.07) is 3.65. The molecule has 1 spiro atoms. The maximum atomic E-state index is 13.1. The first-order valence-electron chi connectivity index (χ1n) is 10.4. The number of benzene rings is 1. The van der Waals surface area contributed by atoms with E-state index in [1.807, 2.05) is 0 Å². The Morgan fingerprint density at radius 3 is 2.73 bits per heavy atom. The third kappa shape index (κ3) is 4.27. The Hall–Kier alpha value is -2.25. The molecular weight excluding hydrogens is 395 g/mol. The fraction of sp³-hybridized carbons (Fsp3) is 0.636. The van der Waals surface area contributed by atoms with Gasteiger partial charge in [-0.3, -0.25) is 0 Å². The van der Waals surface area contributed by atoms with E-state index in [-0.39, 0.29) is 17.4 Å². The number of carbonyl (C=O) groups excluding carboxylic acids is 1. The number of rotatable bonds is 3. The number of nitrogens with zero attached hydrogens (tertiary/aromatic N) is 3. The van der Waals surface area contributed by atoms with Crippen LogP contribution in [0.25, 0.3) is 11.0 Å². The number of ether oxygens (including phenoxy) is 1. The Morgan fingerprint density at radius 1 is 1.27 bits per heavy atom. The molecule has 0 bridgehead atoms. The molecule has 1 aliphatic carbocycles. The van der Waals surface area contributed by atoms with Gasteiger partial charge >= 0.3 is 12.3 Å². The Bertz CT molecular complexity index is 947. The largest absolute Gasteiger partial charge is 0.441 e. The van der Waals surface area contributed by atoms with Crippen molar-refractivity contribution < 1.29 is 22.7 Å². The van der Waals surface area contributed by atoms with Crippen LogP contribution in [-0.4, -0.2) is 39.2 Å². The van der Waals surface area contributed by atoms with Gasteiger partial charge < -0.3 is 14.2 Å². The average molecular weight is 423 g/mol. The molecule has 2 aliphatic rings. The lowest BCUT2D eigenvalue weighted by Crippen LogP contribution is -2.41. The summed E-state index contributed by atoms with van der Waals surface area (Å²) in [5.74, 6) is 0.216. The molecule has 1 aliphatic heterocycles. The number of fused-ring (bicyclic) bond motifs is 1. The number of alkyl halides is 3. The van der Waals surface area contributed by atoms with E-state index in [2.05, 4.69) is 25.8 Å². The second kappa shape index (κ2) is 7.17. The van der Waals surface area contributed by atoms with Gasteiger partial charge in [-0.25, -0.2) is 9.78 Å². The molecule has 1 aromatic carbocycles. The smallest absolute Gasteiger partial charge is 0.416 e. The van der Waals surface area contributed by atoms with Gasteiger partial charge in [-0.1, -0.05) is 20.8 Å². The van der Waals surface area contributed by atoms with E-state index in [1.165, 1.54) is 12.1 Å². The highest BCUT2D eigenvalue weighted by atomic mass is 19.4. The van der Waals surface area contributed by atoms with E-state index < -0.39 is 17.3 Å². The molecule has 1 saturated carbocycles. The molecule has 0 N–H and O–H groups in total. The molecule has 1 aromatic heterocycles. The second-order valence-corrected chi connectivity index (χ2v) is 10.0. The highest BCUT2D eigenvalue weighted by molar-refractivity contribution is 5.76. The van der Waals surface area contributed by atoms with Crippen LogP contribution in [-0.2, 0) is 17.5 Å². The molecule has 2 atom stereocenters. The maximum absolute atomic E-state index is 13.1. The Balaban J connectivity index is 1.50. The number of hydrogen-bond acceptors (Lipinski definition) is 3. The summed E-state index contributed by atoms with van der Waals surface area (Å²) in [5, 5.41) is 0. The molecular formula is C22H28F3N3O2. The normalized spacial score (nSPS) is 25.3. The van der Waals surface area contributed by atoms with Crippen molar-refractivity contribution in [1.29, 1.82) is 0 Å². The van der Waals surface area contributed by atoms with Gasteiger partial charge in [0.2, 0.25) is 0 Å². The van der Waals surface area contributed by atoms with Gasteiger partial charge in [0, 0.05) is 13.1 Å². The molecule has 0 unspecified atom stereocenters. The summed E-state index contributed by atoms with van der Waals surface area (Å²) < 4.78 is 47.0. The summed E-state index contributed by atoms with van der Waals surface area (Å²) >= 11 is 0. The molecule has 2 heterocycles. The molecule has 2 aromatic rings. The first-order valence-corrected chi connectivity index (χ1v) is 10.4. The molecule has 0 radical (unpaired) electrons. The van der Waals surface area contributed by atoms with Gasteiger partial charge in [0.1, 0.15) is 5.60 Å². The molecule has 164 valence electrons. The van der Waals surface area contributed by atoms with Crippen LogP contribution in [0.1, 0.15) is 52.0 Å². The zero-order valence-corrected chi connectivity index (χ0v) is 17.6. The summed E-state index contributed by atoms with van der Waals surface area (Å²) in [6.45, 7) is 8.07. The minimum Gasteiger partial charge on any atom is -0.441 e. The van der Waals surface area contributed by atoms with Crippen LogP contribution < -0.4 is 0 Å². The lowest BCUT2D eigenvalue weighted by atomic mass is 9.77. The predicted octanol–water partition coefficient (Wildman–Crippen LogP) is 5.48. The lowest BCUT2D eigenvalue weighted by molar-refractivity contribution is -0.137. The molecule has 1 saturated heterocycles. The maximum Gasteiger partial charge on any atom is 0.416 e. The summed E-state index contributed by atoms with van der Waals surface area (Å²) in [4.78, 5) is 18.5. The van der Waals surface area contributed by atoms with Crippen LogP contribution >= 0.6 is 0 Å². The van der Waals surface area contributed by atoms with Crippen molar-refractivity contribution in [2.75, 3.05) is 13.1 Å². The van der Waals surface area contributed by atoms with E-state index in [0.717, 1.165) is 31.7 Å². The number of amides is 1. The van der Waals surface area contributed by atoms with Crippen LogP contribution in [0.4, 0.5) is 18.0 Å². The summed E-state index contributed by atoms with van der Waals surface area (Å²) in [7, 11) is 0. The van der Waals surface area contributed by atoms with Crippen molar-refractivity contribution in [3.05, 3.63) is 30.1 Å². The van der Waals surface area contributed by atoms with Crippen LogP contribution in [0.5, 0.6) is 0 Å². The summed E-state index contributed by atoms with van der Waals surface area (Å²) in [6.07, 6.45) is 0.412. The van der Waals surface area contributed by atoms with E-state index in [1.54, 1.807) is 15.8 Å². The van der Waals surface area contributed by atoms with Crippen molar-refractivity contribution in [2.24, 2.45) is 11.3 Å². The van der Waals surface area contributed by atoms with Crippen molar-refractivity contribution >= 4 is 17.1 Å². The quantitative estimate of drug-likeness (QED) is 0.657. The van der Waals surface area contributed by atoms with E-state index >= 15 is 0 Å². The van der Waals surface area contributed by atoms with Crippen LogP contribution in [0.3, 0.4) is 0 Å². The predicted molar refractivity (Wildman–Crippen MR) is 107 cm³/mol. The van der Waals surface area contributed by atoms with Gasteiger partial charge in [-0.2, -0.15) is 13.2 Å². The Morgan fingerprint density at radius 2 is 2.03 bits per heavy atom. The fourth-order valence-corrected chi connectivity index (χ4v) is 4.88. The molecule has 5 nitrogen and oxygen atoms in total. The van der Waals surface area contributed by atoms with Crippen molar-refractivity contribution in [3.8, 4) is 0 Å².